The van der Waals surface area contributed by atoms with Crippen molar-refractivity contribution in [3.8, 4) is 0 Å². The molecule has 0 amide bonds. The van der Waals surface area contributed by atoms with Crippen molar-refractivity contribution in [3.63, 3.8) is 0 Å². The van der Waals surface area contributed by atoms with Crippen LogP contribution < -0.4 is 10.5 Å². The maximum atomic E-state index is 11.9. The minimum Gasteiger partial charge on any atom is -0.326 e. The summed E-state index contributed by atoms with van der Waals surface area (Å²) in [4.78, 5) is 1.01. The molecule has 15 heavy (non-hydrogen) atoms. The van der Waals surface area contributed by atoms with Crippen LogP contribution in [0, 0.1) is 0 Å². The lowest BCUT2D eigenvalue weighted by molar-refractivity contribution is 0.555. The molecule has 0 radical (unpaired) electrons. The van der Waals surface area contributed by atoms with Gasteiger partial charge in [-0.3, -0.25) is 0 Å². The molecular formula is C9H16N2O2S2. The van der Waals surface area contributed by atoms with E-state index in [1.165, 1.54) is 11.3 Å². The Labute approximate surface area is 94.5 Å². The molecule has 0 saturated carbocycles. The molecule has 0 fully saturated rings. The largest absolute Gasteiger partial charge is 0.326 e. The Bertz CT molecular complexity index is 412. The van der Waals surface area contributed by atoms with E-state index < -0.39 is 10.0 Å². The number of thiophene rings is 1. The summed E-state index contributed by atoms with van der Waals surface area (Å²) in [5, 5.41) is 1.74. The van der Waals surface area contributed by atoms with Crippen molar-refractivity contribution < 1.29 is 8.42 Å². The molecule has 0 aliphatic carbocycles. The van der Waals surface area contributed by atoms with Crippen LogP contribution in [0.1, 0.15) is 25.1 Å². The number of sulfonamides is 1. The highest BCUT2D eigenvalue weighted by molar-refractivity contribution is 7.89. The average Bonchev–Trinajstić information content (AvgIpc) is 2.65. The molecule has 6 heteroatoms. The summed E-state index contributed by atoms with van der Waals surface area (Å²) in [6.07, 6.45) is 0.765. The van der Waals surface area contributed by atoms with Gasteiger partial charge in [0.15, 0.2) is 0 Å². The summed E-state index contributed by atoms with van der Waals surface area (Å²) in [6, 6.07) is 1.54. The zero-order valence-electron chi connectivity index (χ0n) is 8.86. The maximum absolute atomic E-state index is 11.9. The molecule has 4 nitrogen and oxygen atoms in total. The second-order valence-corrected chi connectivity index (χ2v) is 6.03. The molecule has 1 atom stereocenters. The second kappa shape index (κ2) is 5.07. The molecule has 0 aliphatic heterocycles. The molecule has 1 heterocycles. The predicted molar refractivity (Wildman–Crippen MR) is 62.3 cm³/mol. The van der Waals surface area contributed by atoms with E-state index in [-0.39, 0.29) is 12.6 Å². The summed E-state index contributed by atoms with van der Waals surface area (Å²) in [5.41, 5.74) is 5.47. The molecule has 0 aliphatic rings. The fraction of sp³-hybridized carbons (Fsp3) is 0.556. The number of rotatable bonds is 5. The van der Waals surface area contributed by atoms with E-state index in [1.54, 1.807) is 11.4 Å². The molecule has 0 saturated heterocycles. The van der Waals surface area contributed by atoms with Gasteiger partial charge in [-0.05, 0) is 24.8 Å². The van der Waals surface area contributed by atoms with Gasteiger partial charge in [0.05, 0.1) is 4.90 Å². The first-order valence-corrected chi connectivity index (χ1v) is 7.16. The van der Waals surface area contributed by atoms with Crippen LogP contribution in [-0.2, 0) is 16.6 Å². The first-order valence-electron chi connectivity index (χ1n) is 4.80. The van der Waals surface area contributed by atoms with Crippen LogP contribution in [0.2, 0.25) is 0 Å². The van der Waals surface area contributed by atoms with Crippen LogP contribution in [0.5, 0.6) is 0 Å². The van der Waals surface area contributed by atoms with Crippen LogP contribution in [0.3, 0.4) is 0 Å². The topological polar surface area (TPSA) is 72.2 Å². The van der Waals surface area contributed by atoms with Gasteiger partial charge in [0.1, 0.15) is 0 Å². The van der Waals surface area contributed by atoms with Crippen LogP contribution in [0.25, 0.3) is 0 Å². The van der Waals surface area contributed by atoms with Crippen molar-refractivity contribution in [1.82, 2.24) is 4.72 Å². The van der Waals surface area contributed by atoms with Crippen molar-refractivity contribution in [1.29, 1.82) is 0 Å². The minimum atomic E-state index is -3.39. The first kappa shape index (κ1) is 12.6. The van der Waals surface area contributed by atoms with Crippen molar-refractivity contribution in [2.45, 2.75) is 37.8 Å². The number of hydrogen-bond acceptors (Lipinski definition) is 4. The van der Waals surface area contributed by atoms with Gasteiger partial charge < -0.3 is 5.73 Å². The lowest BCUT2D eigenvalue weighted by atomic mass is 10.3. The first-order chi connectivity index (χ1) is 7.01. The quantitative estimate of drug-likeness (QED) is 0.824. The number of nitrogens with one attached hydrogen (secondary N) is 1. The van der Waals surface area contributed by atoms with E-state index in [0.717, 1.165) is 6.42 Å². The minimum absolute atomic E-state index is 0.0551. The van der Waals surface area contributed by atoms with Gasteiger partial charge in [-0.25, -0.2) is 13.1 Å². The van der Waals surface area contributed by atoms with Gasteiger partial charge in [-0.1, -0.05) is 6.92 Å². The summed E-state index contributed by atoms with van der Waals surface area (Å²) in [7, 11) is -3.39. The lowest BCUT2D eigenvalue weighted by Gasteiger charge is -2.11. The van der Waals surface area contributed by atoms with E-state index in [9.17, 15) is 8.42 Å². The molecule has 86 valence electrons. The van der Waals surface area contributed by atoms with Crippen molar-refractivity contribution in [2.75, 3.05) is 0 Å². The molecule has 1 unspecified atom stereocenters. The third-order valence-electron chi connectivity index (χ3n) is 2.15. The van der Waals surface area contributed by atoms with E-state index >= 15 is 0 Å². The van der Waals surface area contributed by atoms with E-state index in [0.29, 0.717) is 9.77 Å². The third-order valence-corrected chi connectivity index (χ3v) is 4.89. The summed E-state index contributed by atoms with van der Waals surface area (Å²) in [5.74, 6) is 0. The van der Waals surface area contributed by atoms with Gasteiger partial charge in [0, 0.05) is 17.5 Å². The second-order valence-electron chi connectivity index (χ2n) is 3.34. The monoisotopic (exact) mass is 248 g/mol. The molecule has 3 N–H and O–H groups in total. The SMILES string of the molecule is CCC(C)NS(=O)(=O)c1ccsc1CN. The standard InChI is InChI=1S/C9H16N2O2S2/c1-3-7(2)11-15(12,13)9-4-5-14-8(9)6-10/h4-5,7,11H,3,6,10H2,1-2H3. The lowest BCUT2D eigenvalue weighted by Crippen LogP contribution is -2.32. The van der Waals surface area contributed by atoms with Gasteiger partial charge >= 0.3 is 0 Å². The van der Waals surface area contributed by atoms with Gasteiger partial charge in [0.2, 0.25) is 10.0 Å². The summed E-state index contributed by atoms with van der Waals surface area (Å²) in [6.45, 7) is 4.03. The van der Waals surface area contributed by atoms with Crippen molar-refractivity contribution in [2.24, 2.45) is 5.73 Å². The summed E-state index contributed by atoms with van der Waals surface area (Å²) >= 11 is 1.37. The van der Waals surface area contributed by atoms with Gasteiger partial charge in [0.25, 0.3) is 0 Å². The predicted octanol–water partition coefficient (Wildman–Crippen LogP) is 1.28. The molecule has 0 bridgehead atoms. The third kappa shape index (κ3) is 3.01. The molecule has 1 rings (SSSR count). The van der Waals surface area contributed by atoms with E-state index in [1.807, 2.05) is 13.8 Å². The van der Waals surface area contributed by atoms with E-state index in [2.05, 4.69) is 4.72 Å². The van der Waals surface area contributed by atoms with Crippen LogP contribution in [0.15, 0.2) is 16.3 Å². The fourth-order valence-electron chi connectivity index (χ4n) is 1.13. The zero-order valence-corrected chi connectivity index (χ0v) is 10.5. The van der Waals surface area contributed by atoms with Gasteiger partial charge in [-0.2, -0.15) is 0 Å². The van der Waals surface area contributed by atoms with Crippen LogP contribution in [-0.4, -0.2) is 14.5 Å². The smallest absolute Gasteiger partial charge is 0.241 e. The Hall–Kier alpha value is -0.430. The molecule has 0 spiro atoms. The Morgan fingerprint density at radius 3 is 2.80 bits per heavy atom. The van der Waals surface area contributed by atoms with Crippen LogP contribution >= 0.6 is 11.3 Å². The Balaban J connectivity index is 2.96. The molecular weight excluding hydrogens is 232 g/mol. The van der Waals surface area contributed by atoms with Crippen molar-refractivity contribution in [3.05, 3.63) is 16.3 Å². The zero-order chi connectivity index (χ0) is 11.5. The highest BCUT2D eigenvalue weighted by atomic mass is 32.2. The summed E-state index contributed by atoms with van der Waals surface area (Å²) < 4.78 is 26.4. The highest BCUT2D eigenvalue weighted by Crippen LogP contribution is 2.21. The van der Waals surface area contributed by atoms with Crippen LogP contribution in [0.4, 0.5) is 0 Å². The van der Waals surface area contributed by atoms with Gasteiger partial charge in [-0.15, -0.1) is 11.3 Å². The normalized spacial score (nSPS) is 14.1. The Kier molecular flexibility index (Phi) is 4.27. The molecule has 1 aromatic heterocycles. The van der Waals surface area contributed by atoms with E-state index in [4.69, 9.17) is 5.73 Å². The average molecular weight is 248 g/mol. The number of nitrogens with two attached hydrogens (primary N) is 1. The number of hydrogen-bond donors (Lipinski definition) is 2. The Morgan fingerprint density at radius 1 is 1.60 bits per heavy atom. The molecule has 0 aromatic carbocycles. The fourth-order valence-corrected chi connectivity index (χ4v) is 3.79. The maximum Gasteiger partial charge on any atom is 0.241 e. The van der Waals surface area contributed by atoms with Crippen molar-refractivity contribution >= 4 is 21.4 Å². The Morgan fingerprint density at radius 2 is 2.27 bits per heavy atom. The molecule has 1 aromatic rings. The highest BCUT2D eigenvalue weighted by Gasteiger charge is 2.20.